The third kappa shape index (κ3) is 5.59. The molecule has 134 valence electrons. The van der Waals surface area contributed by atoms with E-state index >= 15 is 0 Å². The molecule has 8 nitrogen and oxygen atoms in total. The monoisotopic (exact) mass is 357 g/mol. The van der Waals surface area contributed by atoms with Gasteiger partial charge in [0.2, 0.25) is 10.0 Å². The van der Waals surface area contributed by atoms with Crippen molar-refractivity contribution in [1.82, 2.24) is 9.21 Å². The van der Waals surface area contributed by atoms with E-state index in [1.807, 2.05) is 0 Å². The fourth-order valence-electron chi connectivity index (χ4n) is 1.88. The zero-order chi connectivity index (χ0) is 18.5. The zero-order valence-corrected chi connectivity index (χ0v) is 15.5. The smallest absolute Gasteiger partial charge is 0.279 e. The molecule has 0 aliphatic rings. The van der Waals surface area contributed by atoms with E-state index in [9.17, 15) is 18.0 Å². The first-order chi connectivity index (χ1) is 11.0. The standard InChI is InChI=1S/C15H24N4O4S/c1-17(2)15(21)11-19(5)10-14(20)16-12-6-8-13(9-7-12)24(22,23)18(3)4/h6-9H,10-11H2,1-5H3,(H,16,20)/p+1. The topological polar surface area (TPSA) is 91.2 Å². The minimum absolute atomic E-state index is 0.0569. The molecule has 9 heteroatoms. The maximum Gasteiger partial charge on any atom is 0.279 e. The Labute approximate surface area is 143 Å². The molecule has 1 aromatic rings. The van der Waals surface area contributed by atoms with Crippen LogP contribution in [0.2, 0.25) is 0 Å². The van der Waals surface area contributed by atoms with Crippen molar-refractivity contribution in [2.75, 3.05) is 53.6 Å². The predicted octanol–water partition coefficient (Wildman–Crippen LogP) is -1.52. The number of likely N-dealkylation sites (N-methyl/N-ethyl adjacent to an activating group) is 2. The number of rotatable bonds is 7. The summed E-state index contributed by atoms with van der Waals surface area (Å²) in [5, 5.41) is 2.69. The van der Waals surface area contributed by atoms with Crippen molar-refractivity contribution < 1.29 is 22.9 Å². The van der Waals surface area contributed by atoms with Crippen LogP contribution in [0.15, 0.2) is 29.2 Å². The maximum absolute atomic E-state index is 12.0. The molecule has 0 saturated heterocycles. The van der Waals surface area contributed by atoms with Gasteiger partial charge in [-0.05, 0) is 24.3 Å². The highest BCUT2D eigenvalue weighted by atomic mass is 32.2. The first-order valence-corrected chi connectivity index (χ1v) is 8.82. The summed E-state index contributed by atoms with van der Waals surface area (Å²) in [6.45, 7) is 0.359. The summed E-state index contributed by atoms with van der Waals surface area (Å²) in [5.41, 5.74) is 0.504. The third-order valence-electron chi connectivity index (χ3n) is 3.33. The Hall–Kier alpha value is -1.97. The molecule has 0 aromatic heterocycles. The molecule has 0 fully saturated rings. The predicted molar refractivity (Wildman–Crippen MR) is 91.3 cm³/mol. The van der Waals surface area contributed by atoms with E-state index in [1.165, 1.54) is 43.3 Å². The lowest BCUT2D eigenvalue weighted by Gasteiger charge is -2.16. The van der Waals surface area contributed by atoms with Crippen molar-refractivity contribution in [3.63, 3.8) is 0 Å². The molecule has 1 atom stereocenters. The summed E-state index contributed by atoms with van der Waals surface area (Å²) in [4.78, 5) is 26.0. The Kier molecular flexibility index (Phi) is 6.88. The van der Waals surface area contributed by atoms with E-state index in [0.717, 1.165) is 9.21 Å². The van der Waals surface area contributed by atoms with E-state index in [2.05, 4.69) is 5.32 Å². The van der Waals surface area contributed by atoms with Gasteiger partial charge in [-0.1, -0.05) is 0 Å². The van der Waals surface area contributed by atoms with Crippen LogP contribution in [0.4, 0.5) is 5.69 Å². The molecule has 0 aliphatic heterocycles. The summed E-state index contributed by atoms with van der Waals surface area (Å²) in [7, 11) is 4.51. The van der Waals surface area contributed by atoms with E-state index < -0.39 is 10.0 Å². The molecule has 0 aliphatic carbocycles. The summed E-state index contributed by atoms with van der Waals surface area (Å²) in [6.07, 6.45) is 0. The molecule has 0 spiro atoms. The van der Waals surface area contributed by atoms with Crippen molar-refractivity contribution in [1.29, 1.82) is 0 Å². The van der Waals surface area contributed by atoms with E-state index in [-0.39, 0.29) is 29.8 Å². The average Bonchev–Trinajstić information content (AvgIpc) is 2.46. The largest absolute Gasteiger partial charge is 0.344 e. The second-order valence-electron chi connectivity index (χ2n) is 5.96. The second kappa shape index (κ2) is 8.22. The lowest BCUT2D eigenvalue weighted by molar-refractivity contribution is -0.862. The lowest BCUT2D eigenvalue weighted by Crippen LogP contribution is -3.11. The molecule has 24 heavy (non-hydrogen) atoms. The highest BCUT2D eigenvalue weighted by Gasteiger charge is 2.18. The van der Waals surface area contributed by atoms with Crippen molar-refractivity contribution >= 4 is 27.5 Å². The van der Waals surface area contributed by atoms with Gasteiger partial charge in [0, 0.05) is 33.9 Å². The van der Waals surface area contributed by atoms with Gasteiger partial charge in [-0.3, -0.25) is 9.59 Å². The van der Waals surface area contributed by atoms with Gasteiger partial charge in [0.25, 0.3) is 11.8 Å². The number of nitrogens with one attached hydrogen (secondary N) is 2. The number of quaternary nitrogens is 1. The van der Waals surface area contributed by atoms with Crippen LogP contribution < -0.4 is 10.2 Å². The van der Waals surface area contributed by atoms with Crippen molar-refractivity contribution in [3.8, 4) is 0 Å². The Balaban J connectivity index is 2.64. The van der Waals surface area contributed by atoms with E-state index in [0.29, 0.717) is 5.69 Å². The zero-order valence-electron chi connectivity index (χ0n) is 14.7. The quantitative estimate of drug-likeness (QED) is 0.620. The Morgan fingerprint density at radius 1 is 1.04 bits per heavy atom. The fourth-order valence-corrected chi connectivity index (χ4v) is 2.78. The number of amides is 2. The van der Waals surface area contributed by atoms with Gasteiger partial charge in [-0.2, -0.15) is 0 Å². The van der Waals surface area contributed by atoms with Crippen LogP contribution in [0.5, 0.6) is 0 Å². The molecular formula is C15H25N4O4S+. The van der Waals surface area contributed by atoms with Crippen molar-refractivity contribution in [2.45, 2.75) is 4.90 Å². The molecular weight excluding hydrogens is 332 g/mol. The molecule has 1 unspecified atom stereocenters. The Morgan fingerprint density at radius 2 is 1.58 bits per heavy atom. The van der Waals surface area contributed by atoms with Gasteiger partial charge in [0.05, 0.1) is 11.9 Å². The number of anilines is 1. The van der Waals surface area contributed by atoms with Crippen LogP contribution in [0.25, 0.3) is 0 Å². The molecule has 2 amide bonds. The normalized spacial score (nSPS) is 12.8. The van der Waals surface area contributed by atoms with Gasteiger partial charge >= 0.3 is 0 Å². The number of hydrogen-bond donors (Lipinski definition) is 2. The molecule has 0 radical (unpaired) electrons. The Bertz CT molecular complexity index is 684. The number of hydrogen-bond acceptors (Lipinski definition) is 4. The van der Waals surface area contributed by atoms with Crippen LogP contribution in [0.1, 0.15) is 0 Å². The Morgan fingerprint density at radius 3 is 2.04 bits per heavy atom. The molecule has 1 aromatic carbocycles. The lowest BCUT2D eigenvalue weighted by atomic mass is 10.3. The fraction of sp³-hybridized carbons (Fsp3) is 0.467. The van der Waals surface area contributed by atoms with E-state index in [1.54, 1.807) is 21.1 Å². The first kappa shape index (κ1) is 20.1. The third-order valence-corrected chi connectivity index (χ3v) is 5.16. The second-order valence-corrected chi connectivity index (χ2v) is 8.11. The van der Waals surface area contributed by atoms with Gasteiger partial charge < -0.3 is 15.1 Å². The summed E-state index contributed by atoms with van der Waals surface area (Å²) in [5.74, 6) is -0.305. The number of carbonyl (C=O) groups is 2. The minimum Gasteiger partial charge on any atom is -0.344 e. The number of benzene rings is 1. The van der Waals surface area contributed by atoms with Gasteiger partial charge in [0.1, 0.15) is 0 Å². The summed E-state index contributed by atoms with van der Waals surface area (Å²) in [6, 6.07) is 5.96. The molecule has 0 bridgehead atoms. The van der Waals surface area contributed by atoms with Crippen molar-refractivity contribution in [3.05, 3.63) is 24.3 Å². The molecule has 1 rings (SSSR count). The first-order valence-electron chi connectivity index (χ1n) is 7.38. The van der Waals surface area contributed by atoms with E-state index in [4.69, 9.17) is 0 Å². The molecule has 0 heterocycles. The van der Waals surface area contributed by atoms with Gasteiger partial charge in [-0.15, -0.1) is 0 Å². The van der Waals surface area contributed by atoms with Crippen LogP contribution >= 0.6 is 0 Å². The number of sulfonamides is 1. The summed E-state index contributed by atoms with van der Waals surface area (Å²) < 4.78 is 25.1. The maximum atomic E-state index is 12.0. The van der Waals surface area contributed by atoms with Crippen molar-refractivity contribution in [2.24, 2.45) is 0 Å². The van der Waals surface area contributed by atoms with Crippen LogP contribution in [0.3, 0.4) is 0 Å². The highest BCUT2D eigenvalue weighted by molar-refractivity contribution is 7.89. The number of nitrogens with zero attached hydrogens (tertiary/aromatic N) is 2. The van der Waals surface area contributed by atoms with Crippen LogP contribution in [0, 0.1) is 0 Å². The van der Waals surface area contributed by atoms with Crippen LogP contribution in [-0.4, -0.2) is 77.8 Å². The number of carbonyl (C=O) groups excluding carboxylic acids is 2. The minimum atomic E-state index is -3.49. The van der Waals surface area contributed by atoms with Gasteiger partial charge in [0.15, 0.2) is 13.1 Å². The highest BCUT2D eigenvalue weighted by Crippen LogP contribution is 2.16. The SMILES string of the molecule is CN(C)C(=O)C[NH+](C)CC(=O)Nc1ccc(S(=O)(=O)N(C)C)cc1. The molecule has 0 saturated carbocycles. The molecule has 2 N–H and O–H groups in total. The van der Waals surface area contributed by atoms with Crippen LogP contribution in [-0.2, 0) is 19.6 Å². The average molecular weight is 357 g/mol. The van der Waals surface area contributed by atoms with Gasteiger partial charge in [-0.25, -0.2) is 12.7 Å². The summed E-state index contributed by atoms with van der Waals surface area (Å²) >= 11 is 0.